The van der Waals surface area contributed by atoms with Gasteiger partial charge >= 0.3 is 0 Å². The quantitative estimate of drug-likeness (QED) is 0.362. The molecular formula is C13H10ClN9O4. The van der Waals surface area contributed by atoms with Crippen LogP contribution in [0.15, 0.2) is 27.9 Å². The van der Waals surface area contributed by atoms with Crippen LogP contribution >= 0.6 is 11.6 Å². The largest absolute Gasteiger partial charge is 0.378 e. The van der Waals surface area contributed by atoms with Gasteiger partial charge in [-0.25, -0.2) is 10.1 Å². The Morgan fingerprint density at radius 1 is 1.48 bits per heavy atom. The molecule has 1 aromatic carbocycles. The molecule has 27 heavy (non-hydrogen) atoms. The highest BCUT2D eigenvalue weighted by atomic mass is 35.5. The fourth-order valence-electron chi connectivity index (χ4n) is 2.03. The van der Waals surface area contributed by atoms with E-state index in [4.69, 9.17) is 17.3 Å². The fraction of sp³-hybridized carbons (Fsp3) is 0.0769. The first-order valence-corrected chi connectivity index (χ1v) is 7.54. The van der Waals surface area contributed by atoms with Crippen LogP contribution in [0.4, 0.5) is 11.5 Å². The first kappa shape index (κ1) is 17.9. The molecule has 0 unspecified atom stereocenters. The van der Waals surface area contributed by atoms with Gasteiger partial charge in [-0.2, -0.15) is 9.78 Å². The number of hydrazone groups is 1. The van der Waals surface area contributed by atoms with Crippen molar-refractivity contribution >= 4 is 35.2 Å². The van der Waals surface area contributed by atoms with Gasteiger partial charge in [-0.1, -0.05) is 16.8 Å². The minimum absolute atomic E-state index is 0.0201. The van der Waals surface area contributed by atoms with Gasteiger partial charge in [-0.15, -0.1) is 5.10 Å². The van der Waals surface area contributed by atoms with Crippen LogP contribution in [0.1, 0.15) is 21.7 Å². The van der Waals surface area contributed by atoms with Crippen molar-refractivity contribution in [1.82, 2.24) is 30.7 Å². The number of amides is 1. The van der Waals surface area contributed by atoms with Crippen LogP contribution in [-0.2, 0) is 0 Å². The lowest BCUT2D eigenvalue weighted by Gasteiger charge is -2.00. The number of nitrogens with two attached hydrogens (primary N) is 1. The highest BCUT2D eigenvalue weighted by Crippen LogP contribution is 2.20. The normalized spacial score (nSPS) is 11.0. The number of nitro benzene ring substituents is 1. The number of anilines is 1. The molecule has 0 aliphatic carbocycles. The van der Waals surface area contributed by atoms with Crippen LogP contribution in [0.5, 0.6) is 0 Å². The van der Waals surface area contributed by atoms with Gasteiger partial charge in [0, 0.05) is 22.7 Å². The zero-order valence-electron chi connectivity index (χ0n) is 13.5. The Bertz CT molecular complexity index is 1060. The first-order valence-electron chi connectivity index (χ1n) is 7.16. The molecule has 14 heteroatoms. The number of benzene rings is 1. The van der Waals surface area contributed by atoms with Gasteiger partial charge in [0.1, 0.15) is 0 Å². The summed E-state index contributed by atoms with van der Waals surface area (Å²) in [6, 6.07) is 3.83. The smallest absolute Gasteiger partial charge is 0.293 e. The molecule has 3 aromatic rings. The van der Waals surface area contributed by atoms with Crippen molar-refractivity contribution in [2.45, 2.75) is 6.92 Å². The molecule has 0 saturated heterocycles. The standard InChI is InChI=1S/C13H10ClN9O4/c1-6-10(17-21-22(6)12-11(15)19-27-20-12)13(24)18-16-5-7-4-8(23(25)26)2-3-9(7)14/h2-5H,1H3,(H2,15,19)(H,18,24). The van der Waals surface area contributed by atoms with Crippen LogP contribution in [0.25, 0.3) is 5.82 Å². The summed E-state index contributed by atoms with van der Waals surface area (Å²) in [4.78, 5) is 22.4. The van der Waals surface area contributed by atoms with Gasteiger partial charge in [0.2, 0.25) is 11.6 Å². The zero-order valence-corrected chi connectivity index (χ0v) is 14.3. The predicted molar refractivity (Wildman–Crippen MR) is 91.5 cm³/mol. The van der Waals surface area contributed by atoms with Crippen LogP contribution in [0.3, 0.4) is 0 Å². The molecule has 0 spiro atoms. The lowest BCUT2D eigenvalue weighted by atomic mass is 10.2. The third kappa shape index (κ3) is 3.57. The van der Waals surface area contributed by atoms with Crippen molar-refractivity contribution in [1.29, 1.82) is 0 Å². The molecule has 2 aromatic heterocycles. The maximum Gasteiger partial charge on any atom is 0.293 e. The minimum atomic E-state index is -0.674. The highest BCUT2D eigenvalue weighted by molar-refractivity contribution is 6.33. The van der Waals surface area contributed by atoms with Crippen molar-refractivity contribution in [3.05, 3.63) is 50.3 Å². The molecule has 13 nitrogen and oxygen atoms in total. The predicted octanol–water partition coefficient (Wildman–Crippen LogP) is 0.866. The molecule has 0 saturated carbocycles. The monoisotopic (exact) mass is 391 g/mol. The number of nitrogen functional groups attached to an aromatic ring is 1. The third-order valence-corrected chi connectivity index (χ3v) is 3.71. The summed E-state index contributed by atoms with van der Waals surface area (Å²) in [5, 5.41) is 29.3. The molecule has 0 radical (unpaired) electrons. The lowest BCUT2D eigenvalue weighted by Crippen LogP contribution is -2.19. The van der Waals surface area contributed by atoms with Crippen LogP contribution in [-0.4, -0.2) is 42.4 Å². The second-order valence-electron chi connectivity index (χ2n) is 5.07. The van der Waals surface area contributed by atoms with Gasteiger partial charge in [0.05, 0.1) is 16.8 Å². The Labute approximate surface area is 154 Å². The maximum absolute atomic E-state index is 12.2. The molecule has 0 atom stereocenters. The number of carbonyl (C=O) groups is 1. The summed E-state index contributed by atoms with van der Waals surface area (Å²) in [5.74, 6) is -0.606. The molecule has 3 rings (SSSR count). The highest BCUT2D eigenvalue weighted by Gasteiger charge is 2.20. The van der Waals surface area contributed by atoms with Gasteiger partial charge in [0.25, 0.3) is 11.6 Å². The number of nitrogens with zero attached hydrogens (tertiary/aromatic N) is 7. The van der Waals surface area contributed by atoms with E-state index in [1.165, 1.54) is 29.1 Å². The number of carbonyl (C=O) groups excluding carboxylic acids is 1. The van der Waals surface area contributed by atoms with Crippen molar-refractivity contribution < 1.29 is 14.3 Å². The van der Waals surface area contributed by atoms with E-state index in [1.54, 1.807) is 6.92 Å². The number of rotatable bonds is 5. The van der Waals surface area contributed by atoms with Crippen molar-refractivity contribution in [2.75, 3.05) is 5.73 Å². The van der Waals surface area contributed by atoms with E-state index >= 15 is 0 Å². The SMILES string of the molecule is Cc1c(C(=O)NN=Cc2cc([N+](=O)[O-])ccc2Cl)nnn1-c1nonc1N. The summed E-state index contributed by atoms with van der Waals surface area (Å²) >= 11 is 5.95. The van der Waals surface area contributed by atoms with E-state index in [1.807, 2.05) is 0 Å². The van der Waals surface area contributed by atoms with Gasteiger partial charge in [-0.05, 0) is 23.3 Å². The summed E-state index contributed by atoms with van der Waals surface area (Å²) in [7, 11) is 0. The average molecular weight is 392 g/mol. The van der Waals surface area contributed by atoms with Gasteiger partial charge in [0.15, 0.2) is 5.69 Å². The number of nitro groups is 1. The van der Waals surface area contributed by atoms with Gasteiger partial charge in [-0.3, -0.25) is 14.9 Å². The second kappa shape index (κ2) is 7.17. The Hall–Kier alpha value is -3.87. The number of non-ortho nitro benzene ring substituents is 1. The molecule has 0 aliphatic rings. The van der Waals surface area contributed by atoms with Crippen molar-refractivity contribution in [3.63, 3.8) is 0 Å². The van der Waals surface area contributed by atoms with E-state index in [0.29, 0.717) is 5.69 Å². The van der Waals surface area contributed by atoms with Crippen LogP contribution < -0.4 is 11.2 Å². The molecule has 0 aliphatic heterocycles. The minimum Gasteiger partial charge on any atom is -0.378 e. The molecule has 138 valence electrons. The Balaban J connectivity index is 1.76. The van der Waals surface area contributed by atoms with Crippen LogP contribution in [0, 0.1) is 17.0 Å². The Morgan fingerprint density at radius 2 is 2.26 bits per heavy atom. The lowest BCUT2D eigenvalue weighted by molar-refractivity contribution is -0.384. The Kier molecular flexibility index (Phi) is 4.76. The number of hydrogen-bond acceptors (Lipinski definition) is 10. The summed E-state index contributed by atoms with van der Waals surface area (Å²) < 4.78 is 5.66. The van der Waals surface area contributed by atoms with Crippen LogP contribution in [0.2, 0.25) is 5.02 Å². The zero-order chi connectivity index (χ0) is 19.6. The van der Waals surface area contributed by atoms with Crippen molar-refractivity contribution in [2.24, 2.45) is 5.10 Å². The average Bonchev–Trinajstić information content (AvgIpc) is 3.21. The van der Waals surface area contributed by atoms with Gasteiger partial charge < -0.3 is 5.73 Å². The number of halogens is 1. The Morgan fingerprint density at radius 3 is 2.93 bits per heavy atom. The van der Waals surface area contributed by atoms with E-state index in [2.05, 4.69) is 35.8 Å². The molecule has 1 amide bonds. The summed E-state index contributed by atoms with van der Waals surface area (Å²) in [6.07, 6.45) is 1.17. The summed E-state index contributed by atoms with van der Waals surface area (Å²) in [6.45, 7) is 1.56. The maximum atomic E-state index is 12.2. The first-order chi connectivity index (χ1) is 12.9. The summed E-state index contributed by atoms with van der Waals surface area (Å²) in [5.41, 5.74) is 8.18. The van der Waals surface area contributed by atoms with E-state index < -0.39 is 10.8 Å². The van der Waals surface area contributed by atoms with E-state index in [9.17, 15) is 14.9 Å². The molecule has 0 fully saturated rings. The molecule has 3 N–H and O–H groups in total. The number of aromatic nitrogens is 5. The fourth-order valence-corrected chi connectivity index (χ4v) is 2.20. The molecule has 0 bridgehead atoms. The molecular weight excluding hydrogens is 382 g/mol. The molecule has 2 heterocycles. The second-order valence-corrected chi connectivity index (χ2v) is 5.48. The van der Waals surface area contributed by atoms with Crippen molar-refractivity contribution in [3.8, 4) is 5.82 Å². The number of nitrogens with one attached hydrogen (secondary N) is 1. The van der Waals surface area contributed by atoms with E-state index in [-0.39, 0.29) is 33.6 Å². The third-order valence-electron chi connectivity index (χ3n) is 3.37. The topological polar surface area (TPSA) is 180 Å². The van der Waals surface area contributed by atoms with E-state index in [0.717, 1.165) is 0 Å². The number of hydrogen-bond donors (Lipinski definition) is 2.